The highest BCUT2D eigenvalue weighted by molar-refractivity contribution is 9.10. The van der Waals surface area contributed by atoms with Crippen molar-refractivity contribution in [3.63, 3.8) is 0 Å². The maximum Gasteiger partial charge on any atom is 0.252 e. The topological polar surface area (TPSA) is 75.7 Å². The molecular formula is C20H21BrN2O4S. The molecule has 28 heavy (non-hydrogen) atoms. The van der Waals surface area contributed by atoms with Crippen molar-refractivity contribution in [2.24, 2.45) is 0 Å². The van der Waals surface area contributed by atoms with Crippen LogP contribution in [0.2, 0.25) is 0 Å². The minimum atomic E-state index is -3.63. The molecule has 0 spiro atoms. The first-order valence-corrected chi connectivity index (χ1v) is 11.4. The summed E-state index contributed by atoms with van der Waals surface area (Å²) in [5.41, 5.74) is 1.04. The fourth-order valence-corrected chi connectivity index (χ4v) is 5.12. The maximum absolute atomic E-state index is 12.8. The third-order valence-corrected chi connectivity index (χ3v) is 7.63. The molecule has 2 fully saturated rings. The van der Waals surface area contributed by atoms with Crippen LogP contribution in [0.3, 0.4) is 0 Å². The highest BCUT2D eigenvalue weighted by atomic mass is 79.9. The van der Waals surface area contributed by atoms with Gasteiger partial charge in [0.25, 0.3) is 5.91 Å². The molecule has 0 unspecified atom stereocenters. The van der Waals surface area contributed by atoms with Gasteiger partial charge in [-0.2, -0.15) is 4.31 Å². The van der Waals surface area contributed by atoms with Gasteiger partial charge < -0.3 is 10.1 Å². The summed E-state index contributed by atoms with van der Waals surface area (Å²) in [6.45, 7) is 1.42. The second-order valence-corrected chi connectivity index (χ2v) is 9.94. The van der Waals surface area contributed by atoms with Gasteiger partial charge in [-0.1, -0.05) is 34.1 Å². The average molecular weight is 465 g/mol. The number of carbonyl (C=O) groups excluding carboxylic acids is 1. The van der Waals surface area contributed by atoms with Crippen molar-refractivity contribution in [2.75, 3.05) is 26.3 Å². The number of nitrogens with zero attached hydrogens (tertiary/aromatic N) is 1. The van der Waals surface area contributed by atoms with Crippen LogP contribution in [0, 0.1) is 0 Å². The van der Waals surface area contributed by atoms with Crippen molar-refractivity contribution in [1.82, 2.24) is 9.62 Å². The second-order valence-electron chi connectivity index (χ2n) is 7.09. The van der Waals surface area contributed by atoms with E-state index in [2.05, 4.69) is 21.2 Å². The molecule has 1 heterocycles. The number of sulfonamides is 1. The van der Waals surface area contributed by atoms with E-state index in [0.29, 0.717) is 31.9 Å². The summed E-state index contributed by atoms with van der Waals surface area (Å²) < 4.78 is 33.3. The smallest absolute Gasteiger partial charge is 0.252 e. The van der Waals surface area contributed by atoms with Crippen LogP contribution in [0.15, 0.2) is 57.9 Å². The Bertz CT molecular complexity index is 982. The lowest BCUT2D eigenvalue weighted by atomic mass is 10.0. The standard InChI is InChI=1S/C20H21BrN2O4S/c21-17-6-4-16(5-7-17)20(8-9-20)22-19(24)15-2-1-3-18(14-15)28(25,26)23-10-12-27-13-11-23/h1-7,14H,8-13H2,(H,22,24). The molecule has 0 atom stereocenters. The normalized spacial score (nSPS) is 19.2. The van der Waals surface area contributed by atoms with Crippen LogP contribution in [-0.2, 0) is 20.3 Å². The first-order valence-electron chi connectivity index (χ1n) is 9.17. The zero-order valence-electron chi connectivity index (χ0n) is 15.2. The van der Waals surface area contributed by atoms with E-state index in [0.717, 1.165) is 22.9 Å². The Kier molecular flexibility index (Phi) is 5.30. The molecule has 2 aromatic carbocycles. The van der Waals surface area contributed by atoms with Gasteiger partial charge >= 0.3 is 0 Å². The molecular weight excluding hydrogens is 444 g/mol. The van der Waals surface area contributed by atoms with Crippen molar-refractivity contribution in [1.29, 1.82) is 0 Å². The number of rotatable bonds is 5. The number of hydrogen-bond acceptors (Lipinski definition) is 4. The third-order valence-electron chi connectivity index (χ3n) is 5.20. The Labute approximate surface area is 173 Å². The number of hydrogen-bond donors (Lipinski definition) is 1. The van der Waals surface area contributed by atoms with Crippen molar-refractivity contribution < 1.29 is 17.9 Å². The molecule has 1 amide bonds. The quantitative estimate of drug-likeness (QED) is 0.737. The zero-order valence-corrected chi connectivity index (χ0v) is 17.6. The Hall–Kier alpha value is -1.74. The molecule has 148 valence electrons. The van der Waals surface area contributed by atoms with E-state index in [9.17, 15) is 13.2 Å². The molecule has 8 heteroatoms. The molecule has 0 bridgehead atoms. The molecule has 2 aromatic rings. The fraction of sp³-hybridized carbons (Fsp3) is 0.350. The Morgan fingerprint density at radius 1 is 1.07 bits per heavy atom. The first-order chi connectivity index (χ1) is 13.4. The summed E-state index contributed by atoms with van der Waals surface area (Å²) in [7, 11) is -3.63. The van der Waals surface area contributed by atoms with Gasteiger partial charge in [-0.05, 0) is 48.7 Å². The summed E-state index contributed by atoms with van der Waals surface area (Å²) in [5, 5.41) is 3.09. The van der Waals surface area contributed by atoms with Crippen molar-refractivity contribution in [3.8, 4) is 0 Å². The van der Waals surface area contributed by atoms with Gasteiger partial charge in [-0.15, -0.1) is 0 Å². The lowest BCUT2D eigenvalue weighted by Gasteiger charge is -2.26. The van der Waals surface area contributed by atoms with E-state index in [-0.39, 0.29) is 16.3 Å². The van der Waals surface area contributed by atoms with Crippen LogP contribution in [0.4, 0.5) is 0 Å². The van der Waals surface area contributed by atoms with Gasteiger partial charge in [0.15, 0.2) is 0 Å². The highest BCUT2D eigenvalue weighted by Gasteiger charge is 2.45. The zero-order chi connectivity index (χ0) is 19.8. The minimum Gasteiger partial charge on any atom is -0.379 e. The maximum atomic E-state index is 12.8. The van der Waals surface area contributed by atoms with E-state index >= 15 is 0 Å². The van der Waals surface area contributed by atoms with Crippen LogP contribution in [0.25, 0.3) is 0 Å². The molecule has 6 nitrogen and oxygen atoms in total. The van der Waals surface area contributed by atoms with Crippen LogP contribution < -0.4 is 5.32 Å². The molecule has 1 aliphatic carbocycles. The van der Waals surface area contributed by atoms with Gasteiger partial charge in [0.1, 0.15) is 0 Å². The second kappa shape index (κ2) is 7.59. The van der Waals surface area contributed by atoms with Crippen molar-refractivity contribution in [2.45, 2.75) is 23.3 Å². The van der Waals surface area contributed by atoms with E-state index in [1.54, 1.807) is 12.1 Å². The molecule has 0 aromatic heterocycles. The molecule has 4 rings (SSSR count). The largest absolute Gasteiger partial charge is 0.379 e. The van der Waals surface area contributed by atoms with Gasteiger partial charge in [-0.25, -0.2) is 8.42 Å². The average Bonchev–Trinajstić information content (AvgIpc) is 3.50. The number of benzene rings is 2. The van der Waals surface area contributed by atoms with Gasteiger partial charge in [0.2, 0.25) is 10.0 Å². The Morgan fingerprint density at radius 2 is 1.75 bits per heavy atom. The third kappa shape index (κ3) is 3.87. The minimum absolute atomic E-state index is 0.135. The van der Waals surface area contributed by atoms with E-state index in [1.165, 1.54) is 16.4 Å². The molecule has 1 aliphatic heterocycles. The van der Waals surface area contributed by atoms with Crippen molar-refractivity contribution in [3.05, 3.63) is 64.1 Å². The molecule has 1 saturated heterocycles. The van der Waals surface area contributed by atoms with E-state index in [1.807, 2.05) is 24.3 Å². The number of amides is 1. The first kappa shape index (κ1) is 19.6. The SMILES string of the molecule is O=C(NC1(c2ccc(Br)cc2)CC1)c1cccc(S(=O)(=O)N2CCOCC2)c1. The van der Waals surface area contributed by atoms with Crippen molar-refractivity contribution >= 4 is 31.9 Å². The fourth-order valence-electron chi connectivity index (χ4n) is 3.40. The number of morpholine rings is 1. The van der Waals surface area contributed by atoms with Crippen LogP contribution >= 0.6 is 15.9 Å². The monoisotopic (exact) mass is 464 g/mol. The van der Waals surface area contributed by atoms with Gasteiger partial charge in [0, 0.05) is 23.1 Å². The predicted molar refractivity (Wildman–Crippen MR) is 109 cm³/mol. The van der Waals surface area contributed by atoms with Crippen LogP contribution in [-0.4, -0.2) is 44.9 Å². The van der Waals surface area contributed by atoms with Crippen LogP contribution in [0.1, 0.15) is 28.8 Å². The highest BCUT2D eigenvalue weighted by Crippen LogP contribution is 2.45. The van der Waals surface area contributed by atoms with E-state index in [4.69, 9.17) is 4.74 Å². The predicted octanol–water partition coefficient (Wildman–Crippen LogP) is 2.89. The van der Waals surface area contributed by atoms with Gasteiger partial charge in [-0.3, -0.25) is 4.79 Å². The number of halogens is 1. The lowest BCUT2D eigenvalue weighted by molar-refractivity contribution is 0.0730. The summed E-state index contributed by atoms with van der Waals surface area (Å²) in [5.74, 6) is -0.264. The molecule has 0 radical (unpaired) electrons. The molecule has 2 aliphatic rings. The lowest BCUT2D eigenvalue weighted by Crippen LogP contribution is -2.40. The Morgan fingerprint density at radius 3 is 2.39 bits per heavy atom. The number of ether oxygens (including phenoxy) is 1. The molecule has 1 N–H and O–H groups in total. The van der Waals surface area contributed by atoms with E-state index < -0.39 is 10.0 Å². The van der Waals surface area contributed by atoms with Crippen LogP contribution in [0.5, 0.6) is 0 Å². The summed E-state index contributed by atoms with van der Waals surface area (Å²) in [4.78, 5) is 13.0. The number of carbonyl (C=O) groups is 1. The Balaban J connectivity index is 1.54. The summed E-state index contributed by atoms with van der Waals surface area (Å²) in [6.07, 6.45) is 1.73. The number of nitrogens with one attached hydrogen (secondary N) is 1. The van der Waals surface area contributed by atoms with Gasteiger partial charge in [0.05, 0.1) is 23.6 Å². The summed E-state index contributed by atoms with van der Waals surface area (Å²) in [6, 6.07) is 14.1. The molecule has 1 saturated carbocycles. The summed E-state index contributed by atoms with van der Waals surface area (Å²) >= 11 is 3.42.